The second kappa shape index (κ2) is 7.74. The highest BCUT2D eigenvalue weighted by atomic mass is 32.1. The zero-order valence-electron chi connectivity index (χ0n) is 13.4. The SMILES string of the molecule is CNC(=O)c1ccc(/C=C\C(=O)N[C@@H](C)c2ccc(C)s2)cc1. The molecule has 0 aliphatic heterocycles. The maximum Gasteiger partial charge on any atom is 0.251 e. The molecule has 1 atom stereocenters. The van der Waals surface area contributed by atoms with Crippen molar-refractivity contribution < 1.29 is 9.59 Å². The molecule has 0 spiro atoms. The van der Waals surface area contributed by atoms with E-state index in [-0.39, 0.29) is 17.9 Å². The van der Waals surface area contributed by atoms with Crippen LogP contribution in [-0.2, 0) is 4.79 Å². The molecule has 0 bridgehead atoms. The standard InChI is InChI=1S/C18H20N2O2S/c1-12-4-10-16(23-12)13(2)20-17(21)11-7-14-5-8-15(9-6-14)18(22)19-3/h4-11,13H,1-3H3,(H,19,22)(H,20,21)/b11-7-/t13-/m0/s1. The molecule has 1 aromatic heterocycles. The van der Waals surface area contributed by atoms with E-state index in [1.807, 2.05) is 26.0 Å². The summed E-state index contributed by atoms with van der Waals surface area (Å²) in [5.41, 5.74) is 1.46. The van der Waals surface area contributed by atoms with Gasteiger partial charge < -0.3 is 10.6 Å². The Balaban J connectivity index is 1.94. The molecule has 2 rings (SSSR count). The minimum absolute atomic E-state index is 0.0125. The molecule has 2 N–H and O–H groups in total. The molecule has 0 aliphatic carbocycles. The molecular weight excluding hydrogens is 308 g/mol. The Morgan fingerprint density at radius 1 is 1.13 bits per heavy atom. The summed E-state index contributed by atoms with van der Waals surface area (Å²) in [4.78, 5) is 25.8. The second-order valence-electron chi connectivity index (χ2n) is 5.21. The van der Waals surface area contributed by atoms with Crippen LogP contribution in [0.2, 0.25) is 0 Å². The number of nitrogens with one attached hydrogen (secondary N) is 2. The van der Waals surface area contributed by atoms with Crippen molar-refractivity contribution >= 4 is 29.2 Å². The molecule has 0 saturated heterocycles. The molecule has 0 aliphatic rings. The third-order valence-electron chi connectivity index (χ3n) is 3.37. The van der Waals surface area contributed by atoms with Crippen LogP contribution < -0.4 is 10.6 Å². The predicted octanol–water partition coefficient (Wildman–Crippen LogP) is 3.31. The average Bonchev–Trinajstić information content (AvgIpc) is 2.99. The van der Waals surface area contributed by atoms with E-state index in [4.69, 9.17) is 0 Å². The summed E-state index contributed by atoms with van der Waals surface area (Å²) < 4.78 is 0. The lowest BCUT2D eigenvalue weighted by molar-refractivity contribution is -0.117. The van der Waals surface area contributed by atoms with Crippen LogP contribution in [0.1, 0.15) is 38.6 Å². The summed E-state index contributed by atoms with van der Waals surface area (Å²) in [6.07, 6.45) is 3.24. The largest absolute Gasteiger partial charge is 0.355 e. The van der Waals surface area contributed by atoms with E-state index < -0.39 is 0 Å². The van der Waals surface area contributed by atoms with Gasteiger partial charge in [0, 0.05) is 28.4 Å². The van der Waals surface area contributed by atoms with Crippen LogP contribution in [0.15, 0.2) is 42.5 Å². The highest BCUT2D eigenvalue weighted by molar-refractivity contribution is 7.12. The van der Waals surface area contributed by atoms with Crippen molar-refractivity contribution in [3.8, 4) is 0 Å². The monoisotopic (exact) mass is 328 g/mol. The van der Waals surface area contributed by atoms with Crippen molar-refractivity contribution in [2.24, 2.45) is 0 Å². The quantitative estimate of drug-likeness (QED) is 0.827. The van der Waals surface area contributed by atoms with Crippen LogP contribution in [0, 0.1) is 6.92 Å². The fraction of sp³-hybridized carbons (Fsp3) is 0.222. The maximum atomic E-state index is 12.0. The zero-order valence-corrected chi connectivity index (χ0v) is 14.2. The van der Waals surface area contributed by atoms with Crippen molar-refractivity contribution in [1.82, 2.24) is 10.6 Å². The van der Waals surface area contributed by atoms with Crippen molar-refractivity contribution in [2.45, 2.75) is 19.9 Å². The van der Waals surface area contributed by atoms with Gasteiger partial charge in [-0.1, -0.05) is 12.1 Å². The number of amides is 2. The Hall–Kier alpha value is -2.40. The first-order valence-electron chi connectivity index (χ1n) is 7.36. The van der Waals surface area contributed by atoms with E-state index >= 15 is 0 Å². The van der Waals surface area contributed by atoms with Gasteiger partial charge in [0.15, 0.2) is 0 Å². The minimum atomic E-state index is -0.140. The van der Waals surface area contributed by atoms with Gasteiger partial charge in [-0.25, -0.2) is 0 Å². The van der Waals surface area contributed by atoms with Gasteiger partial charge in [0.25, 0.3) is 5.91 Å². The van der Waals surface area contributed by atoms with Crippen LogP contribution >= 0.6 is 11.3 Å². The van der Waals surface area contributed by atoms with Crippen molar-refractivity contribution in [3.63, 3.8) is 0 Å². The van der Waals surface area contributed by atoms with Crippen LogP contribution in [0.25, 0.3) is 6.08 Å². The van der Waals surface area contributed by atoms with Gasteiger partial charge in [-0.15, -0.1) is 11.3 Å². The second-order valence-corrected chi connectivity index (χ2v) is 6.53. The Kier molecular flexibility index (Phi) is 5.71. The summed E-state index contributed by atoms with van der Waals surface area (Å²) in [6, 6.07) is 11.1. The molecule has 0 fully saturated rings. The number of hydrogen-bond donors (Lipinski definition) is 2. The Morgan fingerprint density at radius 3 is 2.39 bits per heavy atom. The van der Waals surface area contributed by atoms with E-state index in [1.165, 1.54) is 11.0 Å². The molecule has 120 valence electrons. The van der Waals surface area contributed by atoms with Crippen molar-refractivity contribution in [3.05, 3.63) is 63.4 Å². The number of carbonyl (C=O) groups is 2. The molecule has 0 radical (unpaired) electrons. The lowest BCUT2D eigenvalue weighted by Crippen LogP contribution is -2.23. The van der Waals surface area contributed by atoms with Gasteiger partial charge in [-0.2, -0.15) is 0 Å². The van der Waals surface area contributed by atoms with Crippen LogP contribution in [0.4, 0.5) is 0 Å². The van der Waals surface area contributed by atoms with Gasteiger partial charge in [-0.05, 0) is 49.8 Å². The number of benzene rings is 1. The summed E-state index contributed by atoms with van der Waals surface area (Å²) >= 11 is 1.68. The third-order valence-corrected chi connectivity index (χ3v) is 4.56. The number of aryl methyl sites for hydroxylation is 1. The average molecular weight is 328 g/mol. The molecule has 2 aromatic rings. The molecule has 5 heteroatoms. The molecule has 4 nitrogen and oxygen atoms in total. The minimum Gasteiger partial charge on any atom is -0.355 e. The maximum absolute atomic E-state index is 12.0. The lowest BCUT2D eigenvalue weighted by Gasteiger charge is -2.10. The Labute approximate surface area is 140 Å². The van der Waals surface area contributed by atoms with E-state index in [9.17, 15) is 9.59 Å². The fourth-order valence-electron chi connectivity index (χ4n) is 2.08. The zero-order chi connectivity index (χ0) is 16.8. The number of rotatable bonds is 5. The molecule has 1 aromatic carbocycles. The van der Waals surface area contributed by atoms with Gasteiger partial charge >= 0.3 is 0 Å². The molecule has 23 heavy (non-hydrogen) atoms. The topological polar surface area (TPSA) is 58.2 Å². The van der Waals surface area contributed by atoms with E-state index in [2.05, 4.69) is 10.6 Å². The van der Waals surface area contributed by atoms with E-state index in [0.29, 0.717) is 5.56 Å². The van der Waals surface area contributed by atoms with Crippen LogP contribution in [0.3, 0.4) is 0 Å². The molecular formula is C18H20N2O2S. The lowest BCUT2D eigenvalue weighted by atomic mass is 10.1. The van der Waals surface area contributed by atoms with Gasteiger partial charge in [0.1, 0.15) is 0 Å². The first-order chi connectivity index (χ1) is 11.0. The molecule has 2 amide bonds. The summed E-state index contributed by atoms with van der Waals surface area (Å²) in [7, 11) is 1.59. The van der Waals surface area contributed by atoms with Crippen LogP contribution in [0.5, 0.6) is 0 Å². The highest BCUT2D eigenvalue weighted by Crippen LogP contribution is 2.22. The van der Waals surface area contributed by atoms with Crippen LogP contribution in [-0.4, -0.2) is 18.9 Å². The molecule has 0 saturated carbocycles. The highest BCUT2D eigenvalue weighted by Gasteiger charge is 2.09. The first kappa shape index (κ1) is 17.0. The van der Waals surface area contributed by atoms with E-state index in [1.54, 1.807) is 48.7 Å². The smallest absolute Gasteiger partial charge is 0.251 e. The number of carbonyl (C=O) groups excluding carboxylic acids is 2. The summed E-state index contributed by atoms with van der Waals surface area (Å²) in [5, 5.41) is 5.51. The number of hydrogen-bond acceptors (Lipinski definition) is 3. The van der Waals surface area contributed by atoms with Crippen molar-refractivity contribution in [1.29, 1.82) is 0 Å². The van der Waals surface area contributed by atoms with Crippen molar-refractivity contribution in [2.75, 3.05) is 7.05 Å². The van der Waals surface area contributed by atoms with Gasteiger partial charge in [-0.3, -0.25) is 9.59 Å². The fourth-order valence-corrected chi connectivity index (χ4v) is 2.96. The summed E-state index contributed by atoms with van der Waals surface area (Å²) in [6.45, 7) is 4.01. The van der Waals surface area contributed by atoms with Gasteiger partial charge in [0.2, 0.25) is 5.91 Å². The third kappa shape index (κ3) is 4.79. The molecule has 0 unspecified atom stereocenters. The van der Waals surface area contributed by atoms with E-state index in [0.717, 1.165) is 10.4 Å². The predicted molar refractivity (Wildman–Crippen MR) is 94.5 cm³/mol. The van der Waals surface area contributed by atoms with Gasteiger partial charge in [0.05, 0.1) is 6.04 Å². The molecule has 1 heterocycles. The Bertz CT molecular complexity index is 717. The first-order valence-corrected chi connectivity index (χ1v) is 8.18. The summed E-state index contributed by atoms with van der Waals surface area (Å²) in [5.74, 6) is -0.266. The normalized spacial score (nSPS) is 12.1. The Morgan fingerprint density at radius 2 is 1.83 bits per heavy atom. The number of thiophene rings is 1.